The van der Waals surface area contributed by atoms with Gasteiger partial charge in [0.1, 0.15) is 17.3 Å². The van der Waals surface area contributed by atoms with Crippen molar-refractivity contribution in [2.24, 2.45) is 0 Å². The van der Waals surface area contributed by atoms with E-state index in [0.717, 1.165) is 37.5 Å². The molecule has 0 bridgehead atoms. The lowest BCUT2D eigenvalue weighted by molar-refractivity contribution is -0.384. The zero-order chi connectivity index (χ0) is 22.7. The summed E-state index contributed by atoms with van der Waals surface area (Å²) in [6.07, 6.45) is 2.26. The van der Waals surface area contributed by atoms with Crippen LogP contribution in [0.1, 0.15) is 19.3 Å². The molecule has 0 aromatic heterocycles. The molecule has 2 aliphatic heterocycles. The van der Waals surface area contributed by atoms with E-state index in [1.165, 1.54) is 0 Å². The number of nitro groups is 1. The van der Waals surface area contributed by atoms with E-state index in [-0.39, 0.29) is 24.7 Å². The Morgan fingerprint density at radius 3 is 2.66 bits per heavy atom. The Morgan fingerprint density at radius 2 is 1.91 bits per heavy atom. The van der Waals surface area contributed by atoms with Crippen LogP contribution in [0.25, 0.3) is 0 Å². The summed E-state index contributed by atoms with van der Waals surface area (Å²) in [5, 5.41) is 13.7. The average molecular weight is 442 g/mol. The zero-order valence-electron chi connectivity index (χ0n) is 17.3. The first kappa shape index (κ1) is 21.5. The van der Waals surface area contributed by atoms with Gasteiger partial charge in [-0.15, -0.1) is 0 Å². The van der Waals surface area contributed by atoms with Crippen LogP contribution in [0.3, 0.4) is 0 Å². The van der Waals surface area contributed by atoms with Crippen molar-refractivity contribution in [3.05, 3.63) is 58.4 Å². The van der Waals surface area contributed by atoms with Crippen LogP contribution in [0.4, 0.5) is 21.5 Å². The van der Waals surface area contributed by atoms with Gasteiger partial charge in [0.2, 0.25) is 5.91 Å². The van der Waals surface area contributed by atoms with Gasteiger partial charge in [0.25, 0.3) is 11.6 Å². The Morgan fingerprint density at radius 1 is 1.16 bits per heavy atom. The number of nitrogens with zero attached hydrogens (tertiary/aromatic N) is 3. The number of amides is 2. The van der Waals surface area contributed by atoms with Crippen LogP contribution >= 0.6 is 0 Å². The molecule has 2 aromatic carbocycles. The molecule has 0 spiro atoms. The summed E-state index contributed by atoms with van der Waals surface area (Å²) in [6.45, 7) is 1.40. The van der Waals surface area contributed by atoms with Gasteiger partial charge in [0.05, 0.1) is 29.8 Å². The van der Waals surface area contributed by atoms with Crippen LogP contribution in [0, 0.1) is 15.9 Å². The van der Waals surface area contributed by atoms with E-state index in [4.69, 9.17) is 4.74 Å². The van der Waals surface area contributed by atoms with Gasteiger partial charge in [-0.25, -0.2) is 4.39 Å². The molecule has 9 nitrogen and oxygen atoms in total. The zero-order valence-corrected chi connectivity index (χ0v) is 17.3. The maximum absolute atomic E-state index is 13.4. The fraction of sp³-hybridized carbons (Fsp3) is 0.364. The number of rotatable bonds is 5. The summed E-state index contributed by atoms with van der Waals surface area (Å²) in [7, 11) is 0. The molecule has 1 unspecified atom stereocenters. The lowest BCUT2D eigenvalue weighted by Gasteiger charge is -2.38. The number of piperidine rings is 1. The highest BCUT2D eigenvalue weighted by Gasteiger charge is 2.34. The van der Waals surface area contributed by atoms with Crippen molar-refractivity contribution in [1.29, 1.82) is 0 Å². The molecule has 1 atom stereocenters. The smallest absolute Gasteiger partial charge is 0.295 e. The summed E-state index contributed by atoms with van der Waals surface area (Å²) < 4.78 is 19.3. The molecule has 32 heavy (non-hydrogen) atoms. The highest BCUT2D eigenvalue weighted by molar-refractivity contribution is 5.96. The van der Waals surface area contributed by atoms with Crippen LogP contribution in [0.2, 0.25) is 0 Å². The lowest BCUT2D eigenvalue weighted by atomic mass is 10.1. The third kappa shape index (κ3) is 4.63. The van der Waals surface area contributed by atoms with Gasteiger partial charge >= 0.3 is 0 Å². The van der Waals surface area contributed by atoms with Gasteiger partial charge in [-0.3, -0.25) is 19.7 Å². The molecule has 4 rings (SSSR count). The maximum Gasteiger partial charge on any atom is 0.295 e. The summed E-state index contributed by atoms with van der Waals surface area (Å²) in [6, 6.07) is 10.1. The number of ether oxygens (including phenoxy) is 1. The van der Waals surface area contributed by atoms with Crippen molar-refractivity contribution in [2.45, 2.75) is 25.4 Å². The van der Waals surface area contributed by atoms with E-state index in [1.807, 2.05) is 0 Å². The van der Waals surface area contributed by atoms with E-state index in [2.05, 4.69) is 5.32 Å². The molecule has 168 valence electrons. The molecular weight excluding hydrogens is 419 g/mol. The number of carbonyl (C=O) groups excluding carboxylic acids is 2. The van der Waals surface area contributed by atoms with Crippen LogP contribution < -0.4 is 15.0 Å². The Bertz CT molecular complexity index is 1040. The molecule has 0 saturated carbocycles. The number of halogens is 1. The second-order valence-corrected chi connectivity index (χ2v) is 7.81. The van der Waals surface area contributed by atoms with Crippen LogP contribution in [0.15, 0.2) is 42.5 Å². The number of carbonyl (C=O) groups is 2. The van der Waals surface area contributed by atoms with Crippen LogP contribution in [-0.4, -0.2) is 53.9 Å². The minimum Gasteiger partial charge on any atom is -0.477 e. The molecule has 2 aromatic rings. The molecule has 1 saturated heterocycles. The summed E-state index contributed by atoms with van der Waals surface area (Å²) in [5.41, 5.74) is 0.0294. The lowest BCUT2D eigenvalue weighted by Crippen LogP contribution is -2.52. The van der Waals surface area contributed by atoms with E-state index in [9.17, 15) is 24.1 Å². The molecule has 2 amide bonds. The Kier molecular flexibility index (Phi) is 6.20. The first-order chi connectivity index (χ1) is 15.4. The second kappa shape index (κ2) is 9.21. The third-order valence-corrected chi connectivity index (χ3v) is 5.57. The minimum absolute atomic E-state index is 0.0936. The quantitative estimate of drug-likeness (QED) is 0.564. The number of para-hydroxylation sites is 2. The minimum atomic E-state index is -0.768. The van der Waals surface area contributed by atoms with Crippen LogP contribution in [-0.2, 0) is 9.59 Å². The van der Waals surface area contributed by atoms with E-state index >= 15 is 0 Å². The van der Waals surface area contributed by atoms with Crippen molar-refractivity contribution in [2.75, 3.05) is 36.4 Å². The van der Waals surface area contributed by atoms with E-state index in [0.29, 0.717) is 24.5 Å². The third-order valence-electron chi connectivity index (χ3n) is 5.57. The normalized spacial score (nSPS) is 17.8. The topological polar surface area (TPSA) is 105 Å². The average Bonchev–Trinajstić information content (AvgIpc) is 2.80. The number of hydrogen-bond donors (Lipinski definition) is 1. The summed E-state index contributed by atoms with van der Waals surface area (Å²) in [5.74, 6) is -0.912. The SMILES string of the molecule is O=C(CN1CC(C(=O)N2CCCCC2)Oc2ccccc21)Nc1ccc(F)cc1[N+](=O)[O-]. The first-order valence-electron chi connectivity index (χ1n) is 10.5. The predicted molar refractivity (Wildman–Crippen MR) is 115 cm³/mol. The Labute approximate surface area is 183 Å². The molecule has 1 fully saturated rings. The van der Waals surface area contributed by atoms with Gasteiger partial charge in [-0.2, -0.15) is 0 Å². The molecule has 10 heteroatoms. The fourth-order valence-electron chi connectivity index (χ4n) is 4.03. The molecule has 0 aliphatic carbocycles. The number of likely N-dealkylation sites (tertiary alicyclic amines) is 1. The van der Waals surface area contributed by atoms with E-state index < -0.39 is 28.4 Å². The van der Waals surface area contributed by atoms with Crippen LogP contribution in [0.5, 0.6) is 5.75 Å². The number of anilines is 2. The number of nitro benzene ring substituents is 1. The van der Waals surface area contributed by atoms with Crippen molar-refractivity contribution >= 4 is 28.9 Å². The van der Waals surface area contributed by atoms with E-state index in [1.54, 1.807) is 34.1 Å². The number of fused-ring (bicyclic) bond motifs is 1. The number of nitrogens with one attached hydrogen (secondary N) is 1. The van der Waals surface area contributed by atoms with Crippen molar-refractivity contribution < 1.29 is 23.6 Å². The standard InChI is InChI=1S/C22H23FN4O5/c23-15-8-9-16(18(12-15)27(30)31)24-21(28)14-26-13-20(22(29)25-10-4-1-5-11-25)32-19-7-3-2-6-17(19)26/h2-3,6-9,12,20H,1,4-5,10-11,13-14H2,(H,24,28). The van der Waals surface area contributed by atoms with Crippen molar-refractivity contribution in [3.8, 4) is 5.75 Å². The molecule has 2 heterocycles. The molecular formula is C22H23FN4O5. The number of benzene rings is 2. The van der Waals surface area contributed by atoms with Crippen molar-refractivity contribution in [3.63, 3.8) is 0 Å². The highest BCUT2D eigenvalue weighted by atomic mass is 19.1. The van der Waals surface area contributed by atoms with Gasteiger partial charge in [-0.05, 0) is 43.5 Å². The largest absolute Gasteiger partial charge is 0.477 e. The monoisotopic (exact) mass is 442 g/mol. The van der Waals surface area contributed by atoms with Gasteiger partial charge < -0.3 is 19.9 Å². The fourth-order valence-corrected chi connectivity index (χ4v) is 4.03. The van der Waals surface area contributed by atoms with Gasteiger partial charge in [-0.1, -0.05) is 12.1 Å². The second-order valence-electron chi connectivity index (χ2n) is 7.81. The molecule has 1 N–H and O–H groups in total. The summed E-state index contributed by atoms with van der Waals surface area (Å²) >= 11 is 0. The first-order valence-corrected chi connectivity index (χ1v) is 10.5. The van der Waals surface area contributed by atoms with Gasteiger partial charge in [0.15, 0.2) is 6.10 Å². The number of hydrogen-bond acceptors (Lipinski definition) is 6. The van der Waals surface area contributed by atoms with Crippen molar-refractivity contribution in [1.82, 2.24) is 4.90 Å². The highest BCUT2D eigenvalue weighted by Crippen LogP contribution is 2.34. The summed E-state index contributed by atoms with van der Waals surface area (Å²) in [4.78, 5) is 39.7. The molecule has 2 aliphatic rings. The molecule has 0 radical (unpaired) electrons. The maximum atomic E-state index is 13.4. The Hall–Kier alpha value is -3.69. The van der Waals surface area contributed by atoms with Gasteiger partial charge in [0, 0.05) is 13.1 Å². The Balaban J connectivity index is 1.51. The predicted octanol–water partition coefficient (Wildman–Crippen LogP) is 2.95.